The minimum absolute atomic E-state index is 0.00224. The number of benzene rings is 4. The van der Waals surface area contributed by atoms with Crippen LogP contribution in [-0.4, -0.2) is 128 Å². The fourth-order valence-corrected chi connectivity index (χ4v) is 13.0. The highest BCUT2D eigenvalue weighted by molar-refractivity contribution is 7.87. The first-order chi connectivity index (χ1) is 33.7. The van der Waals surface area contributed by atoms with Crippen molar-refractivity contribution in [1.82, 2.24) is 0 Å². The molecule has 2 aliphatic heterocycles. The van der Waals surface area contributed by atoms with Gasteiger partial charge in [0.1, 0.15) is 11.4 Å². The summed E-state index contributed by atoms with van der Waals surface area (Å²) in [7, 11) is -23.6. The molecule has 0 aliphatic carbocycles. The van der Waals surface area contributed by atoms with Crippen LogP contribution in [-0.2, 0) is 66.2 Å². The molecule has 0 bridgehead atoms. The van der Waals surface area contributed by atoms with Gasteiger partial charge in [0, 0.05) is 59.3 Å². The predicted octanol–water partition coefficient (Wildman–Crippen LogP) is 6.57. The summed E-state index contributed by atoms with van der Waals surface area (Å²) < 4.78 is 174. The van der Waals surface area contributed by atoms with Crippen LogP contribution in [0, 0.1) is 0 Å². The number of hydrogen-bond donors (Lipinski definition) is 7. The Balaban J connectivity index is 1.54. The summed E-state index contributed by atoms with van der Waals surface area (Å²) >= 11 is 0. The van der Waals surface area contributed by atoms with Gasteiger partial charge in [-0.3, -0.25) is 27.6 Å². The minimum Gasteiger partial charge on any atom is -0.481 e. The molecule has 2 unspecified atom stereocenters. The number of unbranched alkanes of at least 4 members (excludes halogenated alkanes) is 2. The number of aliphatic carboxylic acids is 1. The lowest BCUT2D eigenvalue weighted by atomic mass is 9.74. The number of aromatic carboxylic acids is 1. The van der Waals surface area contributed by atoms with E-state index in [1.807, 2.05) is 11.5 Å². The highest BCUT2D eigenvalue weighted by Crippen LogP contribution is 2.54. The molecule has 4 aromatic carbocycles. The fourth-order valence-electron chi connectivity index (χ4n) is 10.1. The maximum absolute atomic E-state index is 12.8. The van der Waals surface area contributed by atoms with E-state index in [-0.39, 0.29) is 73.5 Å². The van der Waals surface area contributed by atoms with Gasteiger partial charge < -0.3 is 15.1 Å². The molecule has 0 amide bonds. The van der Waals surface area contributed by atoms with Crippen LogP contribution >= 0.6 is 0 Å². The molecule has 26 heteroatoms. The summed E-state index contributed by atoms with van der Waals surface area (Å²) in [5.74, 6) is -4.11. The number of carboxylic acid groups (broad SMARTS) is 2. The lowest BCUT2D eigenvalue weighted by molar-refractivity contribution is -0.438. The van der Waals surface area contributed by atoms with Crippen molar-refractivity contribution in [2.75, 3.05) is 35.2 Å². The zero-order chi connectivity index (χ0) is 54.1. The lowest BCUT2D eigenvalue weighted by Gasteiger charge is -2.30. The quantitative estimate of drug-likeness (QED) is 0.0169. The van der Waals surface area contributed by atoms with Gasteiger partial charge in [-0.2, -0.15) is 46.7 Å². The second kappa shape index (κ2) is 21.4. The van der Waals surface area contributed by atoms with E-state index in [1.54, 1.807) is 60.4 Å². The number of anilines is 1. The van der Waals surface area contributed by atoms with Gasteiger partial charge >= 0.3 is 11.9 Å². The zero-order valence-corrected chi connectivity index (χ0v) is 43.5. The standard InChI is InChI=1S/C47H54N2O19S5/c1-46(21-9-25-69(54,55)56)40(49(24-11-27-71(60,61)62)37-19-16-31-28-32(45(52)53)15-17-34(31)43(37)46)12-5-3-6-13-41-47(2,22-10-26-70(57,58)59)44-36-29-33(72(63,64)65)30-39(73(66,67)68)35(36)18-20-38(44)48(41)23-8-4-7-14-42(50)51/h3,5-6,12-13,15-20,28-30H,4,7-11,14,21-27H2,1-2H3,(H6-,50,51,52,53,54,55,56,57,58,59,60,61,62,63,64,65,66,67,68)/p+1. The van der Waals surface area contributed by atoms with Crippen molar-refractivity contribution >= 4 is 101 Å². The molecular formula is C47H55N2O19S5+. The average Bonchev–Trinajstić information content (AvgIpc) is 3.63. The van der Waals surface area contributed by atoms with Gasteiger partial charge in [0.15, 0.2) is 5.71 Å². The first-order valence-electron chi connectivity index (χ1n) is 22.7. The zero-order valence-electron chi connectivity index (χ0n) is 39.4. The molecule has 21 nitrogen and oxygen atoms in total. The van der Waals surface area contributed by atoms with E-state index in [2.05, 4.69) is 0 Å². The van der Waals surface area contributed by atoms with E-state index in [0.29, 0.717) is 64.4 Å². The van der Waals surface area contributed by atoms with Crippen molar-refractivity contribution < 1.29 is 89.2 Å². The van der Waals surface area contributed by atoms with Gasteiger partial charge in [-0.25, -0.2) is 4.79 Å². The van der Waals surface area contributed by atoms with E-state index >= 15 is 0 Å². The topological polar surface area (TPSA) is 353 Å². The molecule has 0 radical (unpaired) electrons. The highest BCUT2D eigenvalue weighted by Gasteiger charge is 2.49. The van der Waals surface area contributed by atoms with E-state index in [0.717, 1.165) is 6.07 Å². The van der Waals surface area contributed by atoms with Gasteiger partial charge in [0.05, 0.1) is 33.1 Å². The number of nitrogens with zero attached hydrogens (tertiary/aromatic N) is 2. The van der Waals surface area contributed by atoms with Crippen LogP contribution in [0.3, 0.4) is 0 Å². The maximum Gasteiger partial charge on any atom is 0.335 e. The molecule has 73 heavy (non-hydrogen) atoms. The Morgan fingerprint density at radius 3 is 1.82 bits per heavy atom. The van der Waals surface area contributed by atoms with Crippen LogP contribution in [0.25, 0.3) is 21.5 Å². The van der Waals surface area contributed by atoms with Gasteiger partial charge in [0.2, 0.25) is 5.69 Å². The highest BCUT2D eigenvalue weighted by atomic mass is 32.2. The van der Waals surface area contributed by atoms with Crippen LogP contribution in [0.5, 0.6) is 0 Å². The van der Waals surface area contributed by atoms with Gasteiger partial charge in [-0.05, 0) is 123 Å². The summed E-state index contributed by atoms with van der Waals surface area (Å²) in [6.07, 6.45) is 8.94. The monoisotopic (exact) mass is 1110 g/mol. The van der Waals surface area contributed by atoms with Crippen molar-refractivity contribution in [3.05, 3.63) is 107 Å². The van der Waals surface area contributed by atoms with Crippen molar-refractivity contribution in [2.24, 2.45) is 0 Å². The molecule has 0 aromatic heterocycles. The molecule has 0 saturated carbocycles. The molecule has 6 rings (SSSR count). The molecule has 396 valence electrons. The van der Waals surface area contributed by atoms with E-state index in [4.69, 9.17) is 0 Å². The Hall–Kier alpha value is -5.42. The molecule has 2 heterocycles. The fraction of sp³-hybridized carbons (Fsp3) is 0.383. The summed E-state index contributed by atoms with van der Waals surface area (Å²) in [5, 5.41) is 20.0. The molecule has 2 atom stereocenters. The second-order valence-corrected chi connectivity index (χ2v) is 25.9. The minimum atomic E-state index is -5.14. The van der Waals surface area contributed by atoms with Crippen molar-refractivity contribution in [2.45, 2.75) is 92.3 Å². The first kappa shape index (κ1) is 56.9. The van der Waals surface area contributed by atoms with Crippen molar-refractivity contribution in [3.63, 3.8) is 0 Å². The summed E-state index contributed by atoms with van der Waals surface area (Å²) in [4.78, 5) is 23.4. The number of hydrogen-bond acceptors (Lipinski definition) is 13. The Morgan fingerprint density at radius 1 is 0.616 bits per heavy atom. The van der Waals surface area contributed by atoms with Crippen LogP contribution in [0.2, 0.25) is 0 Å². The predicted molar refractivity (Wildman–Crippen MR) is 271 cm³/mol. The number of rotatable bonds is 24. The number of allylic oxidation sites excluding steroid dienone is 6. The largest absolute Gasteiger partial charge is 0.481 e. The van der Waals surface area contributed by atoms with Gasteiger partial charge in [-0.15, -0.1) is 0 Å². The third-order valence-electron chi connectivity index (χ3n) is 13.2. The summed E-state index contributed by atoms with van der Waals surface area (Å²) in [5.41, 5.74) is 0.465. The average molecular weight is 1110 g/mol. The van der Waals surface area contributed by atoms with Crippen LogP contribution in [0.1, 0.15) is 93.1 Å². The Kier molecular flexibility index (Phi) is 16.7. The van der Waals surface area contributed by atoms with Crippen molar-refractivity contribution in [3.8, 4) is 0 Å². The van der Waals surface area contributed by atoms with Crippen molar-refractivity contribution in [1.29, 1.82) is 0 Å². The maximum atomic E-state index is 12.8. The van der Waals surface area contributed by atoms with Crippen LogP contribution in [0.4, 0.5) is 11.4 Å². The first-order valence-corrected chi connectivity index (χ1v) is 30.4. The smallest absolute Gasteiger partial charge is 0.335 e. The molecular weight excluding hydrogens is 1060 g/mol. The molecule has 7 N–H and O–H groups in total. The van der Waals surface area contributed by atoms with Gasteiger partial charge in [-0.1, -0.05) is 30.4 Å². The normalized spacial score (nSPS) is 19.3. The van der Waals surface area contributed by atoms with Crippen LogP contribution in [0.15, 0.2) is 100 Å². The summed E-state index contributed by atoms with van der Waals surface area (Å²) in [6, 6.07) is 12.4. The third kappa shape index (κ3) is 13.3. The molecule has 2 aliphatic rings. The lowest BCUT2D eigenvalue weighted by Crippen LogP contribution is -2.32. The number of carbonyl (C=O) groups is 2. The Morgan fingerprint density at radius 2 is 1.23 bits per heavy atom. The molecule has 4 aromatic rings. The van der Waals surface area contributed by atoms with Crippen LogP contribution < -0.4 is 4.90 Å². The Labute approximate surface area is 423 Å². The summed E-state index contributed by atoms with van der Waals surface area (Å²) in [6.45, 7) is 3.73. The molecule has 0 fully saturated rings. The SMILES string of the molecule is CC1(CCCS(=O)(=O)O)C(=CC=CC=CC2=[N+](CCCCCC(=O)O)c3ccc4c(S(=O)(=O)O)cc(S(=O)(=O)O)cc4c3C2(C)CCCS(=O)(=O)O)N(CCCS(=O)(=O)O)c2ccc3cc(C(=O)O)ccc3c21. The van der Waals surface area contributed by atoms with E-state index in [1.165, 1.54) is 24.3 Å². The van der Waals surface area contributed by atoms with E-state index in [9.17, 15) is 84.7 Å². The van der Waals surface area contributed by atoms with Gasteiger partial charge in [0.25, 0.3) is 50.6 Å². The molecule has 0 spiro atoms. The van der Waals surface area contributed by atoms with E-state index < -0.39 is 100 Å². The molecule has 0 saturated heterocycles. The number of fused-ring (bicyclic) bond motifs is 6. The number of carboxylic acids is 2. The third-order valence-corrected chi connectivity index (χ3v) is 17.4. The second-order valence-electron chi connectivity index (χ2n) is 18.4. The Bertz CT molecular complexity index is 3610.